The van der Waals surface area contributed by atoms with Gasteiger partial charge in [-0.2, -0.15) is 0 Å². The van der Waals surface area contributed by atoms with Crippen LogP contribution in [0.1, 0.15) is 91.9 Å². The van der Waals surface area contributed by atoms with Crippen LogP contribution in [-0.4, -0.2) is 26.2 Å². The van der Waals surface area contributed by atoms with Gasteiger partial charge in [-0.05, 0) is 24.7 Å². The molecule has 0 saturated heterocycles. The highest BCUT2D eigenvalue weighted by molar-refractivity contribution is 7.76. The van der Waals surface area contributed by atoms with Gasteiger partial charge in [-0.3, -0.25) is 4.21 Å². The van der Waals surface area contributed by atoms with E-state index in [1.807, 2.05) is 0 Å². The van der Waals surface area contributed by atoms with Crippen LogP contribution in [0.2, 0.25) is 0 Å². The SMILES string of the molecule is CC(C)CCCCCCN(CCCCCCC(C)C)S(=O)[O-]. The van der Waals surface area contributed by atoms with Gasteiger partial charge in [0.05, 0.1) is 0 Å². The Balaban J connectivity index is 3.59. The zero-order valence-corrected chi connectivity index (χ0v) is 16.1. The summed E-state index contributed by atoms with van der Waals surface area (Å²) >= 11 is -2.05. The molecular weight excluding hydrogens is 294 g/mol. The summed E-state index contributed by atoms with van der Waals surface area (Å²) in [5.41, 5.74) is 0. The first-order valence-corrected chi connectivity index (χ1v) is 10.3. The first-order valence-electron chi connectivity index (χ1n) is 9.27. The van der Waals surface area contributed by atoms with Crippen LogP contribution < -0.4 is 0 Å². The second kappa shape index (κ2) is 14.6. The molecule has 0 bridgehead atoms. The van der Waals surface area contributed by atoms with Crippen molar-refractivity contribution < 1.29 is 8.76 Å². The lowest BCUT2D eigenvalue weighted by atomic mass is 10.0. The summed E-state index contributed by atoms with van der Waals surface area (Å²) in [4.78, 5) is 0. The van der Waals surface area contributed by atoms with E-state index in [-0.39, 0.29) is 0 Å². The summed E-state index contributed by atoms with van der Waals surface area (Å²) in [5.74, 6) is 1.56. The van der Waals surface area contributed by atoms with E-state index in [1.54, 1.807) is 4.31 Å². The lowest BCUT2D eigenvalue weighted by Crippen LogP contribution is -2.28. The van der Waals surface area contributed by atoms with Crippen molar-refractivity contribution in [3.63, 3.8) is 0 Å². The minimum Gasteiger partial charge on any atom is -0.760 e. The van der Waals surface area contributed by atoms with Crippen molar-refractivity contribution in [3.8, 4) is 0 Å². The molecule has 0 N–H and O–H groups in total. The van der Waals surface area contributed by atoms with Gasteiger partial charge < -0.3 is 4.55 Å². The molecule has 1 unspecified atom stereocenters. The van der Waals surface area contributed by atoms with Gasteiger partial charge in [0.1, 0.15) is 0 Å². The van der Waals surface area contributed by atoms with Gasteiger partial charge in [0.15, 0.2) is 0 Å². The van der Waals surface area contributed by atoms with Gasteiger partial charge in [-0.15, -0.1) is 0 Å². The topological polar surface area (TPSA) is 43.4 Å². The molecule has 0 fully saturated rings. The molecule has 0 aromatic heterocycles. The van der Waals surface area contributed by atoms with Crippen LogP contribution in [0.4, 0.5) is 0 Å². The first kappa shape index (κ1) is 22.1. The Labute approximate surface area is 141 Å². The van der Waals surface area contributed by atoms with E-state index < -0.39 is 11.3 Å². The zero-order valence-electron chi connectivity index (χ0n) is 15.3. The third kappa shape index (κ3) is 15.0. The molecule has 0 radical (unpaired) electrons. The van der Waals surface area contributed by atoms with E-state index in [0.717, 1.165) is 37.5 Å². The molecule has 0 aliphatic heterocycles. The van der Waals surface area contributed by atoms with Crippen LogP contribution >= 0.6 is 0 Å². The summed E-state index contributed by atoms with van der Waals surface area (Å²) in [7, 11) is 0. The van der Waals surface area contributed by atoms with E-state index >= 15 is 0 Å². The smallest absolute Gasteiger partial charge is 0.0209 e. The Morgan fingerprint density at radius 1 is 0.727 bits per heavy atom. The van der Waals surface area contributed by atoms with E-state index in [4.69, 9.17) is 0 Å². The molecule has 0 saturated carbocycles. The van der Waals surface area contributed by atoms with Crippen molar-refractivity contribution in [2.24, 2.45) is 11.8 Å². The summed E-state index contributed by atoms with van der Waals surface area (Å²) in [6, 6.07) is 0. The number of hydrogen-bond donors (Lipinski definition) is 0. The van der Waals surface area contributed by atoms with Gasteiger partial charge in [-0.25, -0.2) is 4.31 Å². The van der Waals surface area contributed by atoms with Crippen LogP contribution in [0.25, 0.3) is 0 Å². The fourth-order valence-corrected chi connectivity index (χ4v) is 3.21. The lowest BCUT2D eigenvalue weighted by molar-refractivity contribution is 0.364. The summed E-state index contributed by atoms with van der Waals surface area (Å²) < 4.78 is 24.1. The Bertz CT molecular complexity index is 250. The molecule has 0 amide bonds. The molecule has 0 rings (SSSR count). The molecule has 3 nitrogen and oxygen atoms in total. The number of hydrogen-bond acceptors (Lipinski definition) is 2. The molecule has 0 aliphatic rings. The third-order valence-corrected chi connectivity index (χ3v) is 4.88. The van der Waals surface area contributed by atoms with Gasteiger partial charge in [-0.1, -0.05) is 79.1 Å². The molecule has 0 aliphatic carbocycles. The van der Waals surface area contributed by atoms with E-state index in [0.29, 0.717) is 13.1 Å². The number of rotatable bonds is 15. The van der Waals surface area contributed by atoms with E-state index in [1.165, 1.54) is 38.5 Å². The second-order valence-corrected chi connectivity index (χ2v) is 8.29. The standard InChI is InChI=1S/C18H39NO2S/c1-17(2)13-9-5-7-11-15-19(22(20)21)16-12-8-6-10-14-18(3)4/h17-18H,5-16H2,1-4H3,(H,20,21)/p-1. The monoisotopic (exact) mass is 332 g/mol. The highest BCUT2D eigenvalue weighted by atomic mass is 32.2. The number of unbranched alkanes of at least 4 members (excludes halogenated alkanes) is 6. The maximum atomic E-state index is 11.2. The maximum absolute atomic E-state index is 11.2. The van der Waals surface area contributed by atoms with Gasteiger partial charge in [0.25, 0.3) is 0 Å². The Kier molecular flexibility index (Phi) is 14.7. The van der Waals surface area contributed by atoms with Crippen molar-refractivity contribution >= 4 is 11.3 Å². The number of nitrogens with zero attached hydrogens (tertiary/aromatic N) is 1. The van der Waals surface area contributed by atoms with Crippen molar-refractivity contribution in [3.05, 3.63) is 0 Å². The quantitative estimate of drug-likeness (QED) is 0.302. The molecular formula is C18H38NO2S-. The molecule has 0 aromatic carbocycles. The van der Waals surface area contributed by atoms with Crippen LogP contribution in [0.5, 0.6) is 0 Å². The maximum Gasteiger partial charge on any atom is 0.0209 e. The van der Waals surface area contributed by atoms with E-state index in [9.17, 15) is 8.76 Å². The van der Waals surface area contributed by atoms with Crippen molar-refractivity contribution in [2.45, 2.75) is 91.9 Å². The van der Waals surface area contributed by atoms with Crippen LogP contribution in [0.3, 0.4) is 0 Å². The van der Waals surface area contributed by atoms with Gasteiger partial charge in [0, 0.05) is 24.4 Å². The van der Waals surface area contributed by atoms with Crippen molar-refractivity contribution in [1.82, 2.24) is 4.31 Å². The zero-order chi connectivity index (χ0) is 16.8. The average molecular weight is 333 g/mol. The third-order valence-electron chi connectivity index (χ3n) is 4.09. The Morgan fingerprint density at radius 2 is 1.09 bits per heavy atom. The van der Waals surface area contributed by atoms with Gasteiger partial charge in [0.2, 0.25) is 0 Å². The van der Waals surface area contributed by atoms with Crippen LogP contribution in [0, 0.1) is 11.8 Å². The summed E-state index contributed by atoms with van der Waals surface area (Å²) in [6.07, 6.45) is 11.9. The fourth-order valence-electron chi connectivity index (χ4n) is 2.65. The Hall–Kier alpha value is 0.0700. The summed E-state index contributed by atoms with van der Waals surface area (Å²) in [6.45, 7) is 10.4. The lowest BCUT2D eigenvalue weighted by Gasteiger charge is -2.24. The predicted octanol–water partition coefficient (Wildman–Crippen LogP) is 5.30. The minimum absolute atomic E-state index is 0.698. The molecule has 0 spiro atoms. The first-order chi connectivity index (χ1) is 10.4. The summed E-state index contributed by atoms with van der Waals surface area (Å²) in [5, 5.41) is 0. The van der Waals surface area contributed by atoms with Gasteiger partial charge >= 0.3 is 0 Å². The Morgan fingerprint density at radius 3 is 1.41 bits per heavy atom. The highest BCUT2D eigenvalue weighted by Gasteiger charge is 2.05. The van der Waals surface area contributed by atoms with Crippen molar-refractivity contribution in [1.29, 1.82) is 0 Å². The second-order valence-electron chi connectivity index (χ2n) is 7.34. The molecule has 134 valence electrons. The molecule has 0 aromatic rings. The molecule has 4 heteroatoms. The predicted molar refractivity (Wildman–Crippen MR) is 96.3 cm³/mol. The molecule has 1 atom stereocenters. The highest BCUT2D eigenvalue weighted by Crippen LogP contribution is 2.12. The molecule has 22 heavy (non-hydrogen) atoms. The van der Waals surface area contributed by atoms with Crippen molar-refractivity contribution in [2.75, 3.05) is 13.1 Å². The fraction of sp³-hybridized carbons (Fsp3) is 1.00. The minimum atomic E-state index is -2.05. The van der Waals surface area contributed by atoms with Crippen LogP contribution in [-0.2, 0) is 11.3 Å². The average Bonchev–Trinajstić information content (AvgIpc) is 2.42. The normalized spacial score (nSPS) is 13.5. The van der Waals surface area contributed by atoms with Crippen LogP contribution in [0.15, 0.2) is 0 Å². The largest absolute Gasteiger partial charge is 0.760 e. The van der Waals surface area contributed by atoms with E-state index in [2.05, 4.69) is 27.7 Å². The molecule has 0 heterocycles.